The quantitative estimate of drug-likeness (QED) is 0.198. The van der Waals surface area contributed by atoms with Gasteiger partial charge in [-0.2, -0.15) is 0 Å². The van der Waals surface area contributed by atoms with Gasteiger partial charge in [-0.1, -0.05) is 111 Å². The summed E-state index contributed by atoms with van der Waals surface area (Å²) in [5.41, 5.74) is 9.81. The van der Waals surface area contributed by atoms with Crippen molar-refractivity contribution < 1.29 is 4.42 Å². The molecule has 0 atom stereocenters. The van der Waals surface area contributed by atoms with Crippen molar-refractivity contribution in [1.82, 2.24) is 4.57 Å². The summed E-state index contributed by atoms with van der Waals surface area (Å²) in [5, 5.41) is 7.10. The molecule has 7 aromatic carbocycles. The Morgan fingerprint density at radius 1 is 0.522 bits per heavy atom. The molecular weight excluding hydrogens is 560 g/mol. The van der Waals surface area contributed by atoms with Crippen LogP contribution in [0.25, 0.3) is 60.2 Å². The van der Waals surface area contributed by atoms with E-state index in [1.807, 2.05) is 0 Å². The van der Waals surface area contributed by atoms with Crippen molar-refractivity contribution in [1.29, 1.82) is 0 Å². The van der Waals surface area contributed by atoms with Gasteiger partial charge in [0.05, 0.1) is 22.4 Å². The van der Waals surface area contributed by atoms with Gasteiger partial charge in [0.1, 0.15) is 5.58 Å². The lowest BCUT2D eigenvalue weighted by molar-refractivity contribution is 0.669. The Kier molecular flexibility index (Phi) is 6.01. The van der Waals surface area contributed by atoms with Crippen LogP contribution in [-0.4, -0.2) is 4.57 Å². The molecule has 0 aliphatic heterocycles. The Bertz CT molecular complexity index is 2550. The number of nitrogens with zero attached hydrogens (tertiary/aromatic N) is 2. The minimum Gasteiger partial charge on any atom is -0.454 e. The molecule has 0 spiro atoms. The van der Waals surface area contributed by atoms with Crippen LogP contribution in [0.3, 0.4) is 0 Å². The Labute approximate surface area is 267 Å². The fourth-order valence-electron chi connectivity index (χ4n) is 7.19. The lowest BCUT2D eigenvalue weighted by atomic mass is 10.0. The Balaban J connectivity index is 1.36. The fraction of sp³-hybridized carbons (Fsp3) is 0.0698. The van der Waals surface area contributed by atoms with Crippen molar-refractivity contribution in [2.75, 3.05) is 4.90 Å². The number of aromatic nitrogens is 1. The van der Waals surface area contributed by atoms with Crippen molar-refractivity contribution in [3.05, 3.63) is 157 Å². The number of rotatable bonds is 5. The molecule has 0 bridgehead atoms. The highest BCUT2D eigenvalue weighted by molar-refractivity contribution is 6.22. The molecule has 2 aromatic heterocycles. The Morgan fingerprint density at radius 2 is 1.20 bits per heavy atom. The third-order valence-corrected chi connectivity index (χ3v) is 9.36. The van der Waals surface area contributed by atoms with Crippen LogP contribution < -0.4 is 4.90 Å². The van der Waals surface area contributed by atoms with E-state index >= 15 is 0 Å². The summed E-state index contributed by atoms with van der Waals surface area (Å²) in [6.07, 6.45) is 0. The molecule has 0 fully saturated rings. The lowest BCUT2D eigenvalue weighted by Gasteiger charge is -2.26. The van der Waals surface area contributed by atoms with Crippen molar-refractivity contribution in [2.24, 2.45) is 0 Å². The van der Waals surface area contributed by atoms with Crippen LogP contribution in [0.4, 0.5) is 17.1 Å². The first-order valence-corrected chi connectivity index (χ1v) is 16.0. The normalized spacial score (nSPS) is 11.9. The van der Waals surface area contributed by atoms with Gasteiger partial charge in [-0.05, 0) is 76.9 Å². The predicted molar refractivity (Wildman–Crippen MR) is 194 cm³/mol. The molecule has 0 radical (unpaired) electrons. The van der Waals surface area contributed by atoms with E-state index in [9.17, 15) is 0 Å². The zero-order valence-corrected chi connectivity index (χ0v) is 25.8. The van der Waals surface area contributed by atoms with Gasteiger partial charge < -0.3 is 13.9 Å². The SMILES string of the molecule is CC(C)c1ccc(-n2c3ccccc3c3c(N(c4ccccc4)c4cccc5c4oc4ccc6ccccc6c45)cccc32)cc1. The first-order chi connectivity index (χ1) is 22.7. The number of anilines is 3. The van der Waals surface area contributed by atoms with Crippen molar-refractivity contribution in [3.63, 3.8) is 0 Å². The van der Waals surface area contributed by atoms with Crippen LogP contribution in [0.15, 0.2) is 156 Å². The summed E-state index contributed by atoms with van der Waals surface area (Å²) >= 11 is 0. The molecule has 0 aliphatic carbocycles. The van der Waals surface area contributed by atoms with Gasteiger partial charge in [0.15, 0.2) is 5.58 Å². The van der Waals surface area contributed by atoms with E-state index in [0.29, 0.717) is 5.92 Å². The maximum Gasteiger partial charge on any atom is 0.159 e. The molecule has 0 N–H and O–H groups in total. The summed E-state index contributed by atoms with van der Waals surface area (Å²) in [6.45, 7) is 4.48. The topological polar surface area (TPSA) is 21.3 Å². The van der Waals surface area contributed by atoms with Gasteiger partial charge in [-0.25, -0.2) is 0 Å². The van der Waals surface area contributed by atoms with Crippen LogP contribution >= 0.6 is 0 Å². The highest BCUT2D eigenvalue weighted by Crippen LogP contribution is 2.47. The van der Waals surface area contributed by atoms with E-state index in [0.717, 1.165) is 44.7 Å². The molecule has 0 saturated heterocycles. The Morgan fingerprint density at radius 3 is 2.02 bits per heavy atom. The van der Waals surface area contributed by atoms with Crippen molar-refractivity contribution in [3.8, 4) is 5.69 Å². The number of furan rings is 1. The van der Waals surface area contributed by atoms with Crippen LogP contribution in [0.2, 0.25) is 0 Å². The van der Waals surface area contributed by atoms with Gasteiger partial charge in [0.2, 0.25) is 0 Å². The van der Waals surface area contributed by atoms with E-state index in [1.54, 1.807) is 0 Å². The number of fused-ring (bicyclic) bond motifs is 8. The fourth-order valence-corrected chi connectivity index (χ4v) is 7.19. The van der Waals surface area contributed by atoms with E-state index in [4.69, 9.17) is 4.42 Å². The largest absolute Gasteiger partial charge is 0.454 e. The molecule has 0 saturated carbocycles. The van der Waals surface area contributed by atoms with Gasteiger partial charge in [0.25, 0.3) is 0 Å². The molecule has 0 aliphatic rings. The first-order valence-electron chi connectivity index (χ1n) is 16.0. The smallest absolute Gasteiger partial charge is 0.159 e. The van der Waals surface area contributed by atoms with Crippen molar-refractivity contribution in [2.45, 2.75) is 19.8 Å². The molecule has 3 heteroatoms. The van der Waals surface area contributed by atoms with Gasteiger partial charge in [0, 0.05) is 32.9 Å². The monoisotopic (exact) mass is 592 g/mol. The zero-order chi connectivity index (χ0) is 30.8. The molecule has 0 amide bonds. The molecule has 3 nitrogen and oxygen atoms in total. The summed E-state index contributed by atoms with van der Waals surface area (Å²) in [6, 6.07) is 54.4. The Hall–Kier alpha value is -5.80. The number of hydrogen-bond donors (Lipinski definition) is 0. The average molecular weight is 593 g/mol. The minimum atomic E-state index is 0.484. The maximum atomic E-state index is 6.77. The summed E-state index contributed by atoms with van der Waals surface area (Å²) in [5.74, 6) is 0.484. The predicted octanol–water partition coefficient (Wildman–Crippen LogP) is 12.4. The lowest BCUT2D eigenvalue weighted by Crippen LogP contribution is -2.10. The molecule has 9 rings (SSSR count). The molecule has 0 unspecified atom stereocenters. The highest BCUT2D eigenvalue weighted by atomic mass is 16.3. The van der Waals surface area contributed by atoms with Gasteiger partial charge in [-0.15, -0.1) is 0 Å². The van der Waals surface area contributed by atoms with Crippen LogP contribution in [0.5, 0.6) is 0 Å². The van der Waals surface area contributed by atoms with Crippen LogP contribution in [-0.2, 0) is 0 Å². The van der Waals surface area contributed by atoms with E-state index in [1.165, 1.54) is 38.1 Å². The molecule has 9 aromatic rings. The molecule has 46 heavy (non-hydrogen) atoms. The molecule has 2 heterocycles. The third-order valence-electron chi connectivity index (χ3n) is 9.36. The second-order valence-electron chi connectivity index (χ2n) is 12.4. The highest BCUT2D eigenvalue weighted by Gasteiger charge is 2.24. The van der Waals surface area contributed by atoms with Gasteiger partial charge >= 0.3 is 0 Å². The maximum absolute atomic E-state index is 6.77. The summed E-state index contributed by atoms with van der Waals surface area (Å²) in [7, 11) is 0. The molecular formula is C43H32N2O. The third kappa shape index (κ3) is 3.98. The minimum absolute atomic E-state index is 0.484. The number of para-hydroxylation sites is 3. The first kappa shape index (κ1) is 26.6. The van der Waals surface area contributed by atoms with Crippen LogP contribution in [0.1, 0.15) is 25.3 Å². The van der Waals surface area contributed by atoms with Gasteiger partial charge in [-0.3, -0.25) is 0 Å². The second-order valence-corrected chi connectivity index (χ2v) is 12.4. The second kappa shape index (κ2) is 10.4. The standard InChI is InChI=1S/C43H32N2O/c1-28(2)29-22-25-32(26-23-29)44-36-18-9-8-16-34(36)42-37(44)19-11-20-38(42)45(31-13-4-3-5-14-31)39-21-10-17-35-41-33-15-7-6-12-30(33)24-27-40(41)46-43(35)39/h3-28H,1-2H3. The number of hydrogen-bond acceptors (Lipinski definition) is 2. The van der Waals surface area contributed by atoms with Crippen molar-refractivity contribution >= 4 is 71.6 Å². The molecule has 220 valence electrons. The number of benzene rings is 7. The average Bonchev–Trinajstić information content (AvgIpc) is 3.66. The zero-order valence-electron chi connectivity index (χ0n) is 25.8. The summed E-state index contributed by atoms with van der Waals surface area (Å²) < 4.78 is 9.17. The van der Waals surface area contributed by atoms with Crippen LogP contribution in [0, 0.1) is 0 Å². The van der Waals surface area contributed by atoms with E-state index in [2.05, 4.69) is 175 Å². The van der Waals surface area contributed by atoms with E-state index < -0.39 is 0 Å². The summed E-state index contributed by atoms with van der Waals surface area (Å²) in [4.78, 5) is 2.37. The van der Waals surface area contributed by atoms with E-state index in [-0.39, 0.29) is 0 Å².